The highest BCUT2D eigenvalue weighted by Crippen LogP contribution is 2.26. The van der Waals surface area contributed by atoms with Crippen molar-refractivity contribution >= 4 is 24.0 Å². The van der Waals surface area contributed by atoms with Gasteiger partial charge in [-0.2, -0.15) is 0 Å². The molecular weight excluding hydrogens is 232 g/mol. The molecule has 0 atom stereocenters. The molecule has 19 heavy (non-hydrogen) atoms. The van der Waals surface area contributed by atoms with Gasteiger partial charge in [0, 0.05) is 5.57 Å². The van der Waals surface area contributed by atoms with E-state index in [1.165, 1.54) is 16.7 Å². The van der Waals surface area contributed by atoms with E-state index < -0.39 is 0 Å². The summed E-state index contributed by atoms with van der Waals surface area (Å²) in [7, 11) is 0. The summed E-state index contributed by atoms with van der Waals surface area (Å²) in [4.78, 5) is 10.8. The quantitative estimate of drug-likeness (QED) is 0.494. The van der Waals surface area contributed by atoms with Gasteiger partial charge >= 0.3 is 0 Å². The van der Waals surface area contributed by atoms with Crippen molar-refractivity contribution in [1.82, 2.24) is 0 Å². The molecule has 2 aromatic rings. The van der Waals surface area contributed by atoms with E-state index in [0.29, 0.717) is 5.57 Å². The monoisotopic (exact) mass is 246 g/mol. The Morgan fingerprint density at radius 2 is 1.74 bits per heavy atom. The normalized spacial score (nSPS) is 12.2. The van der Waals surface area contributed by atoms with E-state index in [-0.39, 0.29) is 0 Å². The minimum atomic E-state index is 0.526. The predicted octanol–water partition coefficient (Wildman–Crippen LogP) is 3.97. The zero-order valence-electron chi connectivity index (χ0n) is 10.6. The van der Waals surface area contributed by atoms with Gasteiger partial charge in [0.25, 0.3) is 0 Å². The molecule has 0 radical (unpaired) electrons. The lowest BCUT2D eigenvalue weighted by Crippen LogP contribution is -1.93. The summed E-state index contributed by atoms with van der Waals surface area (Å²) in [5.74, 6) is 0. The molecule has 0 aliphatic heterocycles. The standard InChI is InChI=1S/C18H14O/c1-13(12-19)15-7-9-18-11-16-5-3-2-4-14(16)6-8-17(18)10-15/h2-10,12H,1,11H2. The smallest absolute Gasteiger partial charge is 0.150 e. The van der Waals surface area contributed by atoms with Crippen LogP contribution in [0.25, 0.3) is 17.7 Å². The highest BCUT2D eigenvalue weighted by atomic mass is 16.1. The zero-order chi connectivity index (χ0) is 13.2. The number of fused-ring (bicyclic) bond motifs is 2. The van der Waals surface area contributed by atoms with Crippen LogP contribution in [0.2, 0.25) is 0 Å². The van der Waals surface area contributed by atoms with Crippen LogP contribution in [0.3, 0.4) is 0 Å². The first kappa shape index (κ1) is 11.7. The Balaban J connectivity index is 2.09. The lowest BCUT2D eigenvalue weighted by atomic mass is 9.97. The van der Waals surface area contributed by atoms with Crippen molar-refractivity contribution < 1.29 is 4.79 Å². The van der Waals surface area contributed by atoms with Gasteiger partial charge in [0.15, 0.2) is 0 Å². The third-order valence-electron chi connectivity index (χ3n) is 3.54. The molecule has 1 nitrogen and oxygen atoms in total. The summed E-state index contributed by atoms with van der Waals surface area (Å²) in [5.41, 5.74) is 6.46. The highest BCUT2D eigenvalue weighted by molar-refractivity contribution is 6.06. The number of carbonyl (C=O) groups excluding carboxylic acids is 1. The molecule has 0 heterocycles. The van der Waals surface area contributed by atoms with E-state index in [1.807, 2.05) is 12.1 Å². The maximum atomic E-state index is 10.8. The largest absolute Gasteiger partial charge is 0.298 e. The van der Waals surface area contributed by atoms with E-state index in [4.69, 9.17) is 0 Å². The van der Waals surface area contributed by atoms with Crippen LogP contribution in [0, 0.1) is 0 Å². The molecule has 2 aromatic carbocycles. The van der Waals surface area contributed by atoms with E-state index in [0.717, 1.165) is 23.8 Å². The van der Waals surface area contributed by atoms with Crippen molar-refractivity contribution in [2.45, 2.75) is 6.42 Å². The molecule has 3 rings (SSSR count). The SMILES string of the molecule is C=C(C=O)c1ccc2c(c1)C=Cc1ccccc1C2. The molecule has 0 bridgehead atoms. The molecule has 0 saturated carbocycles. The van der Waals surface area contributed by atoms with E-state index in [9.17, 15) is 4.79 Å². The lowest BCUT2D eigenvalue weighted by molar-refractivity contribution is -0.103. The summed E-state index contributed by atoms with van der Waals surface area (Å²) >= 11 is 0. The van der Waals surface area contributed by atoms with Gasteiger partial charge < -0.3 is 0 Å². The average Bonchev–Trinajstić information content (AvgIpc) is 2.64. The third kappa shape index (κ3) is 2.15. The molecule has 0 aromatic heterocycles. The summed E-state index contributed by atoms with van der Waals surface area (Å²) in [6, 6.07) is 14.5. The molecule has 0 unspecified atom stereocenters. The summed E-state index contributed by atoms with van der Waals surface area (Å²) in [5, 5.41) is 0. The first-order valence-electron chi connectivity index (χ1n) is 6.31. The molecule has 1 heteroatoms. The van der Waals surface area contributed by atoms with Crippen molar-refractivity contribution in [2.75, 3.05) is 0 Å². The fourth-order valence-corrected chi connectivity index (χ4v) is 2.42. The molecule has 1 aliphatic carbocycles. The van der Waals surface area contributed by atoms with Gasteiger partial charge in [0.05, 0.1) is 0 Å². The Bertz CT molecular complexity index is 693. The Morgan fingerprint density at radius 1 is 1.00 bits per heavy atom. The van der Waals surface area contributed by atoms with Crippen LogP contribution >= 0.6 is 0 Å². The zero-order valence-corrected chi connectivity index (χ0v) is 10.6. The molecule has 0 saturated heterocycles. The summed E-state index contributed by atoms with van der Waals surface area (Å²) < 4.78 is 0. The number of benzene rings is 2. The second kappa shape index (κ2) is 4.69. The second-order valence-corrected chi connectivity index (χ2v) is 4.77. The number of aldehydes is 1. The summed E-state index contributed by atoms with van der Waals surface area (Å²) in [6.07, 6.45) is 5.97. The van der Waals surface area contributed by atoms with Crippen molar-refractivity contribution in [3.8, 4) is 0 Å². The second-order valence-electron chi connectivity index (χ2n) is 4.77. The number of hydrogen-bond donors (Lipinski definition) is 0. The Hall–Kier alpha value is -2.41. The molecular formula is C18H14O. The van der Waals surface area contributed by atoms with Crippen molar-refractivity contribution in [3.63, 3.8) is 0 Å². The van der Waals surface area contributed by atoms with Crippen molar-refractivity contribution in [3.05, 3.63) is 76.9 Å². The molecule has 92 valence electrons. The van der Waals surface area contributed by atoms with Crippen LogP contribution in [-0.4, -0.2) is 6.29 Å². The highest BCUT2D eigenvalue weighted by Gasteiger charge is 2.09. The summed E-state index contributed by atoms with van der Waals surface area (Å²) in [6.45, 7) is 3.76. The molecule has 0 amide bonds. The average molecular weight is 246 g/mol. The number of rotatable bonds is 2. The van der Waals surface area contributed by atoms with Crippen LogP contribution in [-0.2, 0) is 11.2 Å². The van der Waals surface area contributed by atoms with Gasteiger partial charge in [0.2, 0.25) is 0 Å². The number of allylic oxidation sites excluding steroid dienone is 1. The van der Waals surface area contributed by atoms with Crippen molar-refractivity contribution in [1.29, 1.82) is 0 Å². The molecule has 0 N–H and O–H groups in total. The van der Waals surface area contributed by atoms with Gasteiger partial charge in [0.1, 0.15) is 6.29 Å². The van der Waals surface area contributed by atoms with Gasteiger partial charge in [-0.3, -0.25) is 4.79 Å². The number of hydrogen-bond acceptors (Lipinski definition) is 1. The maximum absolute atomic E-state index is 10.8. The lowest BCUT2D eigenvalue weighted by Gasteiger charge is -2.08. The van der Waals surface area contributed by atoms with Gasteiger partial charge in [-0.05, 0) is 40.3 Å². The van der Waals surface area contributed by atoms with E-state index in [1.54, 1.807) is 0 Å². The van der Waals surface area contributed by atoms with Crippen LogP contribution in [0.4, 0.5) is 0 Å². The Labute approximate surface area is 112 Å². The van der Waals surface area contributed by atoms with E-state index in [2.05, 4.69) is 49.1 Å². The van der Waals surface area contributed by atoms with Crippen LogP contribution in [0.5, 0.6) is 0 Å². The molecule has 1 aliphatic rings. The fraction of sp³-hybridized carbons (Fsp3) is 0.0556. The minimum absolute atomic E-state index is 0.526. The van der Waals surface area contributed by atoms with Gasteiger partial charge in [-0.25, -0.2) is 0 Å². The van der Waals surface area contributed by atoms with Crippen molar-refractivity contribution in [2.24, 2.45) is 0 Å². The Kier molecular flexibility index (Phi) is 2.88. The topological polar surface area (TPSA) is 17.1 Å². The third-order valence-corrected chi connectivity index (χ3v) is 3.54. The molecule has 0 spiro atoms. The number of carbonyl (C=O) groups is 1. The fourth-order valence-electron chi connectivity index (χ4n) is 2.42. The van der Waals surface area contributed by atoms with E-state index >= 15 is 0 Å². The molecule has 0 fully saturated rings. The van der Waals surface area contributed by atoms with Crippen LogP contribution in [0.15, 0.2) is 49.0 Å². The van der Waals surface area contributed by atoms with Crippen LogP contribution in [0.1, 0.15) is 27.8 Å². The van der Waals surface area contributed by atoms with Gasteiger partial charge in [-0.1, -0.05) is 55.1 Å². The first-order chi connectivity index (χ1) is 9.28. The predicted molar refractivity (Wildman–Crippen MR) is 79.7 cm³/mol. The Morgan fingerprint density at radius 3 is 2.58 bits per heavy atom. The first-order valence-corrected chi connectivity index (χ1v) is 6.31. The van der Waals surface area contributed by atoms with Gasteiger partial charge in [-0.15, -0.1) is 0 Å². The van der Waals surface area contributed by atoms with Crippen LogP contribution < -0.4 is 0 Å². The maximum Gasteiger partial charge on any atom is 0.150 e. The minimum Gasteiger partial charge on any atom is -0.298 e.